The van der Waals surface area contributed by atoms with E-state index < -0.39 is 0 Å². The smallest absolute Gasteiger partial charge is 0.0947 e. The Morgan fingerprint density at radius 3 is 2.38 bits per heavy atom. The molecule has 0 fully saturated rings. The largest absolute Gasteiger partial charge is 0.360 e. The van der Waals surface area contributed by atoms with Gasteiger partial charge in [0.1, 0.15) is 0 Å². The van der Waals surface area contributed by atoms with Gasteiger partial charge in [-0.25, -0.2) is 0 Å². The lowest BCUT2D eigenvalue weighted by Crippen LogP contribution is -2.30. The number of rotatable bonds is 4. The van der Waals surface area contributed by atoms with Gasteiger partial charge in [0.2, 0.25) is 0 Å². The van der Waals surface area contributed by atoms with Gasteiger partial charge in [-0.15, -0.1) is 0 Å². The van der Waals surface area contributed by atoms with E-state index in [-0.39, 0.29) is 12.3 Å². The number of nitrogens with two attached hydrogens (primary N) is 1. The number of ether oxygens (including phenoxy) is 1. The van der Waals surface area contributed by atoms with Crippen LogP contribution in [0, 0.1) is 0 Å². The maximum absolute atomic E-state index is 5.41. The van der Waals surface area contributed by atoms with Crippen LogP contribution < -0.4 is 5.73 Å². The highest BCUT2D eigenvalue weighted by molar-refractivity contribution is 5.16. The van der Waals surface area contributed by atoms with Gasteiger partial charge in [0.15, 0.2) is 0 Å². The fraction of sp³-hybridized carbons (Fsp3) is 0.455. The third kappa shape index (κ3) is 3.57. The van der Waals surface area contributed by atoms with Gasteiger partial charge in [-0.2, -0.15) is 0 Å². The molecule has 0 aliphatic heterocycles. The van der Waals surface area contributed by atoms with Gasteiger partial charge in [-0.3, -0.25) is 0 Å². The minimum absolute atomic E-state index is 0.171. The lowest BCUT2D eigenvalue weighted by atomic mass is 9.99. The average Bonchev–Trinajstić information content (AvgIpc) is 2.04. The monoisotopic (exact) mass is 179 g/mol. The molecule has 0 radical (unpaired) electrons. The molecule has 0 aliphatic carbocycles. The molecule has 1 aromatic rings. The minimum Gasteiger partial charge on any atom is -0.360 e. The van der Waals surface area contributed by atoms with E-state index in [4.69, 9.17) is 10.5 Å². The Labute approximate surface area is 79.7 Å². The summed E-state index contributed by atoms with van der Waals surface area (Å²) in [7, 11) is 0. The second kappa shape index (κ2) is 4.40. The van der Waals surface area contributed by atoms with E-state index in [1.165, 1.54) is 5.56 Å². The minimum atomic E-state index is -0.171. The summed E-state index contributed by atoms with van der Waals surface area (Å²) in [4.78, 5) is 0. The molecule has 0 aliphatic rings. The molecule has 0 unspecified atom stereocenters. The van der Waals surface area contributed by atoms with Crippen molar-refractivity contribution in [2.24, 2.45) is 5.73 Å². The Balaban J connectivity index is 2.58. The highest BCUT2D eigenvalue weighted by atomic mass is 16.5. The van der Waals surface area contributed by atoms with Crippen LogP contribution in [-0.2, 0) is 11.2 Å². The maximum Gasteiger partial charge on any atom is 0.0947 e. The molecule has 0 spiro atoms. The van der Waals surface area contributed by atoms with Gasteiger partial charge in [-0.05, 0) is 19.4 Å². The average molecular weight is 179 g/mol. The molecule has 0 amide bonds. The summed E-state index contributed by atoms with van der Waals surface area (Å²) >= 11 is 0. The van der Waals surface area contributed by atoms with Crippen LogP contribution in [0.2, 0.25) is 0 Å². The number of hydrogen-bond donors (Lipinski definition) is 1. The summed E-state index contributed by atoms with van der Waals surface area (Å²) in [5, 5.41) is 0. The summed E-state index contributed by atoms with van der Waals surface area (Å²) in [6.07, 6.45) is 0.894. The molecule has 0 atom stereocenters. The van der Waals surface area contributed by atoms with Crippen LogP contribution in [-0.4, -0.2) is 12.3 Å². The maximum atomic E-state index is 5.41. The predicted octanol–water partition coefficient (Wildman–Crippen LogP) is 1.94. The van der Waals surface area contributed by atoms with Gasteiger partial charge >= 0.3 is 0 Å². The van der Waals surface area contributed by atoms with Crippen molar-refractivity contribution in [3.05, 3.63) is 35.9 Å². The van der Waals surface area contributed by atoms with Gasteiger partial charge in [0, 0.05) is 6.42 Å². The second-order valence-corrected chi connectivity index (χ2v) is 3.73. The molecule has 1 aromatic carbocycles. The molecule has 72 valence electrons. The summed E-state index contributed by atoms with van der Waals surface area (Å²) in [6, 6.07) is 10.3. The molecule has 0 aromatic heterocycles. The zero-order chi connectivity index (χ0) is 9.73. The number of benzene rings is 1. The van der Waals surface area contributed by atoms with Crippen LogP contribution in [0.5, 0.6) is 0 Å². The predicted molar refractivity (Wildman–Crippen MR) is 54.4 cm³/mol. The van der Waals surface area contributed by atoms with Crippen molar-refractivity contribution in [2.45, 2.75) is 25.9 Å². The van der Waals surface area contributed by atoms with Crippen LogP contribution in [0.3, 0.4) is 0 Å². The Kier molecular flexibility index (Phi) is 3.46. The van der Waals surface area contributed by atoms with Crippen molar-refractivity contribution >= 4 is 0 Å². The fourth-order valence-electron chi connectivity index (χ4n) is 1.36. The lowest BCUT2D eigenvalue weighted by molar-refractivity contribution is -0.0133. The summed E-state index contributed by atoms with van der Waals surface area (Å²) in [5.41, 5.74) is 6.45. The van der Waals surface area contributed by atoms with Crippen LogP contribution in [0.15, 0.2) is 30.3 Å². The van der Waals surface area contributed by atoms with E-state index in [2.05, 4.69) is 12.1 Å². The highest BCUT2D eigenvalue weighted by Gasteiger charge is 2.17. The van der Waals surface area contributed by atoms with Crippen LogP contribution >= 0.6 is 0 Å². The van der Waals surface area contributed by atoms with Crippen LogP contribution in [0.4, 0.5) is 0 Å². The topological polar surface area (TPSA) is 35.2 Å². The van der Waals surface area contributed by atoms with E-state index in [1.807, 2.05) is 32.0 Å². The molecule has 0 saturated carbocycles. The summed E-state index contributed by atoms with van der Waals surface area (Å²) < 4.78 is 5.41. The van der Waals surface area contributed by atoms with Crippen molar-refractivity contribution in [1.29, 1.82) is 0 Å². The van der Waals surface area contributed by atoms with Gasteiger partial charge < -0.3 is 10.5 Å². The fourth-order valence-corrected chi connectivity index (χ4v) is 1.36. The van der Waals surface area contributed by atoms with Crippen molar-refractivity contribution in [3.63, 3.8) is 0 Å². The number of hydrogen-bond acceptors (Lipinski definition) is 2. The molecule has 0 saturated heterocycles. The molecule has 2 N–H and O–H groups in total. The zero-order valence-corrected chi connectivity index (χ0v) is 8.29. The first kappa shape index (κ1) is 10.2. The first-order chi connectivity index (χ1) is 6.14. The molecular weight excluding hydrogens is 162 g/mol. The van der Waals surface area contributed by atoms with Crippen molar-refractivity contribution in [2.75, 3.05) is 6.73 Å². The molecule has 1 rings (SSSR count). The third-order valence-corrected chi connectivity index (χ3v) is 1.95. The second-order valence-electron chi connectivity index (χ2n) is 3.73. The molecule has 0 heterocycles. The Bertz CT molecular complexity index is 244. The quantitative estimate of drug-likeness (QED) is 0.717. The Morgan fingerprint density at radius 1 is 1.23 bits per heavy atom. The van der Waals surface area contributed by atoms with Crippen LogP contribution in [0.1, 0.15) is 19.4 Å². The molecule has 13 heavy (non-hydrogen) atoms. The Morgan fingerprint density at radius 2 is 1.85 bits per heavy atom. The van der Waals surface area contributed by atoms with Gasteiger partial charge in [-0.1, -0.05) is 30.3 Å². The van der Waals surface area contributed by atoms with E-state index in [9.17, 15) is 0 Å². The van der Waals surface area contributed by atoms with Crippen molar-refractivity contribution in [1.82, 2.24) is 0 Å². The summed E-state index contributed by atoms with van der Waals surface area (Å²) in [6.45, 7) is 4.37. The lowest BCUT2D eigenvalue weighted by Gasteiger charge is -2.24. The SMILES string of the molecule is CC(C)(Cc1ccccc1)OCN. The van der Waals surface area contributed by atoms with Crippen LogP contribution in [0.25, 0.3) is 0 Å². The summed E-state index contributed by atoms with van der Waals surface area (Å²) in [5.74, 6) is 0. The molecule has 0 bridgehead atoms. The third-order valence-electron chi connectivity index (χ3n) is 1.95. The normalized spacial score (nSPS) is 11.6. The van der Waals surface area contributed by atoms with Crippen molar-refractivity contribution in [3.8, 4) is 0 Å². The molecule has 2 nitrogen and oxygen atoms in total. The van der Waals surface area contributed by atoms with E-state index in [0.717, 1.165) is 6.42 Å². The zero-order valence-electron chi connectivity index (χ0n) is 8.29. The van der Waals surface area contributed by atoms with Gasteiger partial charge in [0.25, 0.3) is 0 Å². The van der Waals surface area contributed by atoms with E-state index in [0.29, 0.717) is 0 Å². The first-order valence-corrected chi connectivity index (χ1v) is 4.52. The molecule has 2 heteroatoms. The standard InChI is InChI=1S/C11H17NO/c1-11(2,13-9-12)8-10-6-4-3-5-7-10/h3-7H,8-9,12H2,1-2H3. The van der Waals surface area contributed by atoms with E-state index >= 15 is 0 Å². The van der Waals surface area contributed by atoms with Crippen molar-refractivity contribution < 1.29 is 4.74 Å². The molecular formula is C11H17NO. The van der Waals surface area contributed by atoms with E-state index in [1.54, 1.807) is 0 Å². The van der Waals surface area contributed by atoms with Gasteiger partial charge in [0.05, 0.1) is 12.3 Å². The highest BCUT2D eigenvalue weighted by Crippen LogP contribution is 2.15. The first-order valence-electron chi connectivity index (χ1n) is 4.52. The Hall–Kier alpha value is -0.860.